The van der Waals surface area contributed by atoms with E-state index in [0.29, 0.717) is 13.0 Å². The summed E-state index contributed by atoms with van der Waals surface area (Å²) in [4.78, 5) is 12.0. The van der Waals surface area contributed by atoms with Crippen LogP contribution < -0.4 is 11.1 Å². The second-order valence-corrected chi connectivity index (χ2v) is 5.15. The number of amides is 1. The summed E-state index contributed by atoms with van der Waals surface area (Å²) >= 11 is 0. The van der Waals surface area contributed by atoms with Crippen LogP contribution in [0.5, 0.6) is 0 Å². The first-order valence-electron chi connectivity index (χ1n) is 7.16. The van der Waals surface area contributed by atoms with Crippen molar-refractivity contribution in [1.29, 1.82) is 0 Å². The zero-order chi connectivity index (χ0) is 14.3. The highest BCUT2D eigenvalue weighted by molar-refractivity contribution is 5.76. The predicted octanol–water partition coefficient (Wildman–Crippen LogP) is 2.94. The molecule has 0 saturated carbocycles. The van der Waals surface area contributed by atoms with Gasteiger partial charge in [-0.05, 0) is 31.4 Å². The van der Waals surface area contributed by atoms with E-state index in [0.717, 1.165) is 12.8 Å². The number of aryl methyl sites for hydroxylation is 1. The van der Waals surface area contributed by atoms with E-state index in [2.05, 4.69) is 50.4 Å². The lowest BCUT2D eigenvalue weighted by Gasteiger charge is -2.19. The summed E-state index contributed by atoms with van der Waals surface area (Å²) < 4.78 is 0. The van der Waals surface area contributed by atoms with E-state index in [9.17, 15) is 4.79 Å². The molecule has 0 aliphatic carbocycles. The van der Waals surface area contributed by atoms with Crippen LogP contribution >= 0.6 is 0 Å². The van der Waals surface area contributed by atoms with Gasteiger partial charge in [0, 0.05) is 6.42 Å². The third-order valence-corrected chi connectivity index (χ3v) is 3.61. The molecule has 0 spiro atoms. The highest BCUT2D eigenvalue weighted by atomic mass is 16.1. The van der Waals surface area contributed by atoms with Crippen molar-refractivity contribution < 1.29 is 4.79 Å². The number of carbonyl (C=O) groups is 1. The van der Waals surface area contributed by atoms with E-state index >= 15 is 0 Å². The Bertz CT molecular complexity index is 382. The Morgan fingerprint density at radius 2 is 1.84 bits per heavy atom. The van der Waals surface area contributed by atoms with Crippen molar-refractivity contribution in [1.82, 2.24) is 5.32 Å². The Morgan fingerprint density at radius 1 is 1.21 bits per heavy atom. The van der Waals surface area contributed by atoms with Crippen molar-refractivity contribution in [3.63, 3.8) is 0 Å². The molecule has 0 radical (unpaired) electrons. The van der Waals surface area contributed by atoms with Crippen LogP contribution in [-0.2, 0) is 4.79 Å². The van der Waals surface area contributed by atoms with Gasteiger partial charge in [-0.3, -0.25) is 4.79 Å². The normalized spacial score (nSPS) is 13.9. The standard InChI is InChI=1S/C16H26N2O/c1-4-13(11-17)10-16(19)18-15(5-2)14-8-6-12(3)7-9-14/h6-9,13,15H,4-5,10-11,17H2,1-3H3,(H,18,19). The first-order chi connectivity index (χ1) is 9.10. The van der Waals surface area contributed by atoms with E-state index in [-0.39, 0.29) is 17.9 Å². The summed E-state index contributed by atoms with van der Waals surface area (Å²) in [7, 11) is 0. The summed E-state index contributed by atoms with van der Waals surface area (Å²) in [5, 5.41) is 3.11. The second kappa shape index (κ2) is 7.95. The van der Waals surface area contributed by atoms with Crippen LogP contribution in [0.4, 0.5) is 0 Å². The van der Waals surface area contributed by atoms with Gasteiger partial charge in [0.05, 0.1) is 6.04 Å². The quantitative estimate of drug-likeness (QED) is 0.793. The molecule has 2 atom stereocenters. The van der Waals surface area contributed by atoms with Gasteiger partial charge in [0.25, 0.3) is 0 Å². The number of rotatable bonds is 7. The fraction of sp³-hybridized carbons (Fsp3) is 0.562. The minimum atomic E-state index is 0.100. The van der Waals surface area contributed by atoms with E-state index in [1.807, 2.05) is 0 Å². The number of hydrogen-bond donors (Lipinski definition) is 2. The molecule has 1 aromatic rings. The molecular weight excluding hydrogens is 236 g/mol. The average molecular weight is 262 g/mol. The Morgan fingerprint density at radius 3 is 2.32 bits per heavy atom. The molecule has 0 saturated heterocycles. The number of benzene rings is 1. The fourth-order valence-electron chi connectivity index (χ4n) is 2.13. The van der Waals surface area contributed by atoms with Crippen molar-refractivity contribution in [3.05, 3.63) is 35.4 Å². The van der Waals surface area contributed by atoms with Gasteiger partial charge in [-0.25, -0.2) is 0 Å². The molecule has 106 valence electrons. The van der Waals surface area contributed by atoms with E-state index in [1.165, 1.54) is 11.1 Å². The maximum atomic E-state index is 12.0. The highest BCUT2D eigenvalue weighted by Crippen LogP contribution is 2.18. The first kappa shape index (κ1) is 15.7. The molecule has 3 nitrogen and oxygen atoms in total. The van der Waals surface area contributed by atoms with Crippen molar-refractivity contribution in [2.45, 2.75) is 46.1 Å². The molecule has 1 amide bonds. The third-order valence-electron chi connectivity index (χ3n) is 3.61. The van der Waals surface area contributed by atoms with Gasteiger partial charge >= 0.3 is 0 Å². The summed E-state index contributed by atoms with van der Waals surface area (Å²) in [6.07, 6.45) is 2.37. The smallest absolute Gasteiger partial charge is 0.220 e. The molecule has 1 aromatic carbocycles. The minimum Gasteiger partial charge on any atom is -0.349 e. The average Bonchev–Trinajstić information content (AvgIpc) is 2.43. The van der Waals surface area contributed by atoms with Gasteiger partial charge < -0.3 is 11.1 Å². The zero-order valence-electron chi connectivity index (χ0n) is 12.3. The van der Waals surface area contributed by atoms with Gasteiger partial charge in [-0.2, -0.15) is 0 Å². The number of carbonyl (C=O) groups excluding carboxylic acids is 1. The molecule has 0 fully saturated rings. The van der Waals surface area contributed by atoms with Crippen LogP contribution in [0.2, 0.25) is 0 Å². The molecule has 1 rings (SSSR count). The molecule has 0 aromatic heterocycles. The van der Waals surface area contributed by atoms with E-state index in [4.69, 9.17) is 5.73 Å². The molecule has 3 N–H and O–H groups in total. The van der Waals surface area contributed by atoms with Crippen molar-refractivity contribution in [3.8, 4) is 0 Å². The largest absolute Gasteiger partial charge is 0.349 e. The van der Waals surface area contributed by atoms with E-state index in [1.54, 1.807) is 0 Å². The topological polar surface area (TPSA) is 55.1 Å². The molecule has 2 unspecified atom stereocenters. The Kier molecular flexibility index (Phi) is 6.57. The van der Waals surface area contributed by atoms with Crippen molar-refractivity contribution in [2.24, 2.45) is 11.7 Å². The van der Waals surface area contributed by atoms with Crippen molar-refractivity contribution >= 4 is 5.91 Å². The summed E-state index contributed by atoms with van der Waals surface area (Å²) in [5.74, 6) is 0.389. The second-order valence-electron chi connectivity index (χ2n) is 5.15. The molecule has 0 heterocycles. The third kappa shape index (κ3) is 5.03. The zero-order valence-corrected chi connectivity index (χ0v) is 12.3. The Labute approximate surface area is 116 Å². The molecule has 19 heavy (non-hydrogen) atoms. The predicted molar refractivity (Wildman–Crippen MR) is 79.8 cm³/mol. The van der Waals surface area contributed by atoms with Crippen LogP contribution in [0.3, 0.4) is 0 Å². The monoisotopic (exact) mass is 262 g/mol. The lowest BCUT2D eigenvalue weighted by Crippen LogP contribution is -2.31. The molecule has 0 aliphatic heterocycles. The van der Waals surface area contributed by atoms with Gasteiger partial charge in [0.2, 0.25) is 5.91 Å². The number of nitrogens with one attached hydrogen (secondary N) is 1. The lowest BCUT2D eigenvalue weighted by atomic mass is 10.00. The maximum absolute atomic E-state index is 12.0. The summed E-state index contributed by atoms with van der Waals surface area (Å²) in [6.45, 7) is 6.80. The molecule has 3 heteroatoms. The van der Waals surface area contributed by atoms with Gasteiger partial charge in [-0.1, -0.05) is 50.1 Å². The Balaban J connectivity index is 2.61. The Hall–Kier alpha value is -1.35. The lowest BCUT2D eigenvalue weighted by molar-refractivity contribution is -0.122. The first-order valence-corrected chi connectivity index (χ1v) is 7.16. The molecule has 0 aliphatic rings. The maximum Gasteiger partial charge on any atom is 0.220 e. The van der Waals surface area contributed by atoms with Crippen LogP contribution in [0.1, 0.15) is 50.3 Å². The van der Waals surface area contributed by atoms with Crippen LogP contribution in [0, 0.1) is 12.8 Å². The van der Waals surface area contributed by atoms with Crippen LogP contribution in [0.25, 0.3) is 0 Å². The fourth-order valence-corrected chi connectivity index (χ4v) is 2.13. The van der Waals surface area contributed by atoms with Crippen LogP contribution in [-0.4, -0.2) is 12.5 Å². The minimum absolute atomic E-state index is 0.100. The van der Waals surface area contributed by atoms with Crippen LogP contribution in [0.15, 0.2) is 24.3 Å². The molecular formula is C16H26N2O. The van der Waals surface area contributed by atoms with Gasteiger partial charge in [0.1, 0.15) is 0 Å². The SMILES string of the molecule is CCC(CN)CC(=O)NC(CC)c1ccc(C)cc1. The highest BCUT2D eigenvalue weighted by Gasteiger charge is 2.15. The summed E-state index contributed by atoms with van der Waals surface area (Å²) in [5.41, 5.74) is 8.05. The number of nitrogens with two attached hydrogens (primary N) is 1. The van der Waals surface area contributed by atoms with Gasteiger partial charge in [0.15, 0.2) is 0 Å². The summed E-state index contributed by atoms with van der Waals surface area (Å²) in [6, 6.07) is 8.44. The van der Waals surface area contributed by atoms with Crippen molar-refractivity contribution in [2.75, 3.05) is 6.54 Å². The van der Waals surface area contributed by atoms with Gasteiger partial charge in [-0.15, -0.1) is 0 Å². The molecule has 0 bridgehead atoms. The van der Waals surface area contributed by atoms with E-state index < -0.39 is 0 Å². The number of hydrogen-bond acceptors (Lipinski definition) is 2.